The van der Waals surface area contributed by atoms with E-state index in [1.54, 1.807) is 18.2 Å². The van der Waals surface area contributed by atoms with E-state index >= 15 is 0 Å². The highest BCUT2D eigenvalue weighted by Gasteiger charge is 2.47. The summed E-state index contributed by atoms with van der Waals surface area (Å²) in [6.45, 7) is 3.17. The van der Waals surface area contributed by atoms with Gasteiger partial charge in [-0.2, -0.15) is 0 Å². The van der Waals surface area contributed by atoms with Crippen molar-refractivity contribution in [1.82, 2.24) is 5.32 Å². The summed E-state index contributed by atoms with van der Waals surface area (Å²) in [7, 11) is 0. The van der Waals surface area contributed by atoms with Gasteiger partial charge in [-0.3, -0.25) is 4.79 Å². The minimum Gasteiger partial charge on any atom is -0.493 e. The maximum Gasteiger partial charge on any atom is 0.255 e. The summed E-state index contributed by atoms with van der Waals surface area (Å²) < 4.78 is 16.6. The van der Waals surface area contributed by atoms with E-state index in [-0.39, 0.29) is 30.8 Å². The molecule has 0 bridgehead atoms. The lowest BCUT2D eigenvalue weighted by molar-refractivity contribution is 0.0178. The molecule has 0 saturated carbocycles. The number of ether oxygens (including phenoxy) is 3. The van der Waals surface area contributed by atoms with Gasteiger partial charge in [0.2, 0.25) is 0 Å². The van der Waals surface area contributed by atoms with Gasteiger partial charge in [-0.1, -0.05) is 19.1 Å². The van der Waals surface area contributed by atoms with Crippen LogP contribution in [0.1, 0.15) is 23.7 Å². The summed E-state index contributed by atoms with van der Waals surface area (Å²) in [4.78, 5) is 12.5. The Balaban J connectivity index is 1.67. The predicted octanol–water partition coefficient (Wildman–Crippen LogP) is 0.732. The average molecular weight is 307 g/mol. The van der Waals surface area contributed by atoms with E-state index < -0.39 is 6.10 Å². The lowest BCUT2D eigenvalue weighted by Crippen LogP contribution is -2.44. The third-order valence-electron chi connectivity index (χ3n) is 3.94. The lowest BCUT2D eigenvalue weighted by atomic mass is 10.1. The molecule has 2 N–H and O–H groups in total. The number of para-hydroxylation sites is 1. The number of amides is 1. The molecule has 1 aromatic carbocycles. The molecule has 2 fully saturated rings. The lowest BCUT2D eigenvalue weighted by Gasteiger charge is -2.18. The molecule has 1 aromatic rings. The Morgan fingerprint density at radius 1 is 1.32 bits per heavy atom. The summed E-state index contributed by atoms with van der Waals surface area (Å²) in [5.74, 6) is 0.357. The molecule has 2 aliphatic heterocycles. The van der Waals surface area contributed by atoms with Gasteiger partial charge in [0.1, 0.15) is 24.1 Å². The topological polar surface area (TPSA) is 77.0 Å². The molecule has 2 heterocycles. The zero-order valence-electron chi connectivity index (χ0n) is 12.5. The van der Waals surface area contributed by atoms with E-state index in [0.717, 1.165) is 6.42 Å². The molecule has 1 amide bonds. The molecule has 6 heteroatoms. The second-order valence-electron chi connectivity index (χ2n) is 5.59. The Hall–Kier alpha value is -1.63. The van der Waals surface area contributed by atoms with E-state index in [4.69, 9.17) is 14.2 Å². The van der Waals surface area contributed by atoms with Crippen LogP contribution in [-0.2, 0) is 9.47 Å². The zero-order valence-corrected chi connectivity index (χ0v) is 12.5. The van der Waals surface area contributed by atoms with Crippen LogP contribution in [0.2, 0.25) is 0 Å². The second-order valence-corrected chi connectivity index (χ2v) is 5.59. The van der Waals surface area contributed by atoms with Crippen molar-refractivity contribution in [2.45, 2.75) is 37.7 Å². The van der Waals surface area contributed by atoms with Crippen molar-refractivity contribution in [1.29, 1.82) is 0 Å². The first-order chi connectivity index (χ1) is 10.7. The molecular weight excluding hydrogens is 286 g/mol. The first-order valence-corrected chi connectivity index (χ1v) is 7.64. The standard InChI is InChI=1S/C16H21NO5/c1-2-7-20-13-6-4-3-5-10(13)16(19)17-11-8-21-15-12(18)9-22-14(11)15/h3-6,11-12,14-15,18H,2,7-9H2,1H3,(H,17,19)/t11-,12-,14-,15-/m1/s1. The van der Waals surface area contributed by atoms with Gasteiger partial charge in [-0.05, 0) is 18.6 Å². The maximum absolute atomic E-state index is 12.5. The van der Waals surface area contributed by atoms with Crippen LogP contribution in [0, 0.1) is 0 Å². The Kier molecular flexibility index (Phi) is 4.61. The normalized spacial score (nSPS) is 30.1. The molecule has 0 aliphatic carbocycles. The van der Waals surface area contributed by atoms with Crippen molar-refractivity contribution >= 4 is 5.91 Å². The van der Waals surface area contributed by atoms with Crippen LogP contribution < -0.4 is 10.1 Å². The van der Waals surface area contributed by atoms with Crippen molar-refractivity contribution in [3.63, 3.8) is 0 Å². The van der Waals surface area contributed by atoms with Gasteiger partial charge in [0, 0.05) is 0 Å². The van der Waals surface area contributed by atoms with Gasteiger partial charge < -0.3 is 24.6 Å². The molecule has 3 rings (SSSR count). The molecule has 0 unspecified atom stereocenters. The molecular formula is C16H21NO5. The van der Waals surface area contributed by atoms with Crippen LogP contribution in [0.4, 0.5) is 0 Å². The molecule has 2 aliphatic rings. The van der Waals surface area contributed by atoms with Gasteiger partial charge in [0.05, 0.1) is 31.4 Å². The zero-order chi connectivity index (χ0) is 15.5. The van der Waals surface area contributed by atoms with Gasteiger partial charge in [0.15, 0.2) is 0 Å². The number of fused-ring (bicyclic) bond motifs is 1. The molecule has 22 heavy (non-hydrogen) atoms. The van der Waals surface area contributed by atoms with Crippen molar-refractivity contribution < 1.29 is 24.1 Å². The molecule has 0 radical (unpaired) electrons. The fraction of sp³-hybridized carbons (Fsp3) is 0.562. The molecule has 0 aromatic heterocycles. The number of aliphatic hydroxyl groups excluding tert-OH is 1. The summed E-state index contributed by atoms with van der Waals surface area (Å²) in [6.07, 6.45) is -0.381. The number of hydrogen-bond acceptors (Lipinski definition) is 5. The third-order valence-corrected chi connectivity index (χ3v) is 3.94. The van der Waals surface area contributed by atoms with Crippen molar-refractivity contribution in [3.05, 3.63) is 29.8 Å². The quantitative estimate of drug-likeness (QED) is 0.839. The Bertz CT molecular complexity index is 535. The summed E-state index contributed by atoms with van der Waals surface area (Å²) in [5.41, 5.74) is 0.498. The smallest absolute Gasteiger partial charge is 0.255 e. The Morgan fingerprint density at radius 2 is 2.09 bits per heavy atom. The first-order valence-electron chi connectivity index (χ1n) is 7.64. The number of hydrogen-bond donors (Lipinski definition) is 2. The minimum atomic E-state index is -0.618. The third kappa shape index (κ3) is 2.95. The van der Waals surface area contributed by atoms with Crippen LogP contribution in [0.5, 0.6) is 5.75 Å². The van der Waals surface area contributed by atoms with E-state index in [0.29, 0.717) is 24.5 Å². The van der Waals surface area contributed by atoms with E-state index in [9.17, 15) is 9.90 Å². The number of nitrogens with one attached hydrogen (secondary N) is 1. The Labute approximate surface area is 129 Å². The fourth-order valence-corrected chi connectivity index (χ4v) is 2.84. The summed E-state index contributed by atoms with van der Waals surface area (Å²) in [5, 5.41) is 12.7. The SMILES string of the molecule is CCCOc1ccccc1C(=O)N[C@@H]1CO[C@H]2[C@@H]1OC[C@H]2O. The average Bonchev–Trinajstić information content (AvgIpc) is 3.09. The van der Waals surface area contributed by atoms with Crippen LogP contribution in [0.25, 0.3) is 0 Å². The second kappa shape index (κ2) is 6.64. The van der Waals surface area contributed by atoms with Crippen molar-refractivity contribution in [3.8, 4) is 5.75 Å². The number of benzene rings is 1. The fourth-order valence-electron chi connectivity index (χ4n) is 2.84. The monoisotopic (exact) mass is 307 g/mol. The van der Waals surface area contributed by atoms with Gasteiger partial charge >= 0.3 is 0 Å². The summed E-state index contributed by atoms with van der Waals surface area (Å²) in [6, 6.07) is 6.91. The van der Waals surface area contributed by atoms with E-state index in [1.807, 2.05) is 13.0 Å². The largest absolute Gasteiger partial charge is 0.493 e. The molecule has 6 nitrogen and oxygen atoms in total. The van der Waals surface area contributed by atoms with Gasteiger partial charge in [0.25, 0.3) is 5.91 Å². The van der Waals surface area contributed by atoms with Gasteiger partial charge in [-0.15, -0.1) is 0 Å². The van der Waals surface area contributed by atoms with Crippen molar-refractivity contribution in [2.75, 3.05) is 19.8 Å². The molecule has 4 atom stereocenters. The maximum atomic E-state index is 12.5. The van der Waals surface area contributed by atoms with Crippen LogP contribution in [0.15, 0.2) is 24.3 Å². The molecule has 0 spiro atoms. The van der Waals surface area contributed by atoms with E-state index in [1.165, 1.54) is 0 Å². The van der Waals surface area contributed by atoms with Crippen LogP contribution >= 0.6 is 0 Å². The number of rotatable bonds is 5. The predicted molar refractivity (Wildman–Crippen MR) is 79.0 cm³/mol. The number of carbonyl (C=O) groups is 1. The van der Waals surface area contributed by atoms with Gasteiger partial charge in [-0.25, -0.2) is 0 Å². The minimum absolute atomic E-state index is 0.217. The van der Waals surface area contributed by atoms with Crippen molar-refractivity contribution in [2.24, 2.45) is 0 Å². The van der Waals surface area contributed by atoms with Crippen LogP contribution in [-0.4, -0.2) is 55.2 Å². The first kappa shape index (κ1) is 15.3. The van der Waals surface area contributed by atoms with E-state index in [2.05, 4.69) is 5.32 Å². The van der Waals surface area contributed by atoms with Crippen LogP contribution in [0.3, 0.4) is 0 Å². The highest BCUT2D eigenvalue weighted by atomic mass is 16.6. The molecule has 120 valence electrons. The number of aliphatic hydroxyl groups is 1. The highest BCUT2D eigenvalue weighted by Crippen LogP contribution is 2.27. The number of carbonyl (C=O) groups excluding carboxylic acids is 1. The molecule has 2 saturated heterocycles. The summed E-state index contributed by atoms with van der Waals surface area (Å²) >= 11 is 0. The highest BCUT2D eigenvalue weighted by molar-refractivity contribution is 5.97. The Morgan fingerprint density at radius 3 is 2.91 bits per heavy atom.